The Balaban J connectivity index is 1.64. The van der Waals surface area contributed by atoms with Gasteiger partial charge in [-0.15, -0.1) is 0 Å². The highest BCUT2D eigenvalue weighted by atomic mass is 16.4. The van der Waals surface area contributed by atoms with Gasteiger partial charge in [0.05, 0.1) is 5.92 Å². The van der Waals surface area contributed by atoms with E-state index in [4.69, 9.17) is 0 Å². The van der Waals surface area contributed by atoms with Crippen LogP contribution >= 0.6 is 0 Å². The number of aryl methyl sites for hydroxylation is 2. The quantitative estimate of drug-likeness (QED) is 0.732. The van der Waals surface area contributed by atoms with Crippen LogP contribution in [0.1, 0.15) is 33.5 Å². The summed E-state index contributed by atoms with van der Waals surface area (Å²) in [6.45, 7) is 2.01. The van der Waals surface area contributed by atoms with Crippen LogP contribution in [-0.4, -0.2) is 29.4 Å². The summed E-state index contributed by atoms with van der Waals surface area (Å²) in [6.07, 6.45) is 1.34. The Kier molecular flexibility index (Phi) is 5.54. The maximum absolute atomic E-state index is 12.4. The molecule has 3 rings (SSSR count). The third-order valence-corrected chi connectivity index (χ3v) is 4.69. The zero-order valence-electron chi connectivity index (χ0n) is 15.1. The fraction of sp³-hybridized carbons (Fsp3) is 0.286. The molecule has 1 heterocycles. The van der Waals surface area contributed by atoms with E-state index < -0.39 is 11.9 Å². The lowest BCUT2D eigenvalue weighted by atomic mass is 9.97. The highest BCUT2D eigenvalue weighted by molar-refractivity contribution is 5.98. The Morgan fingerprint density at radius 2 is 2.00 bits per heavy atom. The number of benzene rings is 2. The summed E-state index contributed by atoms with van der Waals surface area (Å²) in [4.78, 5) is 35.4. The predicted octanol–water partition coefficient (Wildman–Crippen LogP) is 2.55. The standard InChI is InChI=1S/C21H22N2O4/c1-13-3-2-4-14(9-13)10-17(21(26)27)12-22-20(25)16-5-7-18-15(11-16)6-8-19(24)23-18/h2-5,7,9,11,17H,6,8,10,12H2,1H3,(H,22,25)(H,23,24)(H,26,27)/t17-/m1/s1. The van der Waals surface area contributed by atoms with Crippen LogP contribution < -0.4 is 10.6 Å². The van der Waals surface area contributed by atoms with Gasteiger partial charge in [0.15, 0.2) is 0 Å². The van der Waals surface area contributed by atoms with E-state index in [2.05, 4.69) is 10.6 Å². The van der Waals surface area contributed by atoms with E-state index in [1.54, 1.807) is 18.2 Å². The van der Waals surface area contributed by atoms with Crippen LogP contribution in [0.4, 0.5) is 5.69 Å². The molecule has 27 heavy (non-hydrogen) atoms. The number of carbonyl (C=O) groups is 3. The normalized spacial score (nSPS) is 14.0. The van der Waals surface area contributed by atoms with E-state index in [1.807, 2.05) is 31.2 Å². The highest BCUT2D eigenvalue weighted by Crippen LogP contribution is 2.23. The summed E-state index contributed by atoms with van der Waals surface area (Å²) in [5.41, 5.74) is 4.11. The number of carboxylic acid groups (broad SMARTS) is 1. The van der Waals surface area contributed by atoms with Crippen molar-refractivity contribution in [2.45, 2.75) is 26.2 Å². The average molecular weight is 366 g/mol. The zero-order valence-corrected chi connectivity index (χ0v) is 15.1. The molecule has 1 atom stereocenters. The first-order valence-corrected chi connectivity index (χ1v) is 8.91. The van der Waals surface area contributed by atoms with Crippen molar-refractivity contribution in [3.8, 4) is 0 Å². The lowest BCUT2D eigenvalue weighted by Gasteiger charge is -2.18. The number of hydrogen-bond donors (Lipinski definition) is 3. The van der Waals surface area contributed by atoms with Gasteiger partial charge in [-0.1, -0.05) is 29.8 Å². The van der Waals surface area contributed by atoms with Gasteiger partial charge in [-0.3, -0.25) is 14.4 Å². The van der Waals surface area contributed by atoms with Crippen molar-refractivity contribution in [2.75, 3.05) is 11.9 Å². The molecule has 6 heteroatoms. The smallest absolute Gasteiger partial charge is 0.308 e. The number of fused-ring (bicyclic) bond motifs is 1. The van der Waals surface area contributed by atoms with Crippen LogP contribution in [0.5, 0.6) is 0 Å². The molecule has 0 aromatic heterocycles. The fourth-order valence-electron chi connectivity index (χ4n) is 3.21. The van der Waals surface area contributed by atoms with Gasteiger partial charge in [0.25, 0.3) is 5.91 Å². The van der Waals surface area contributed by atoms with E-state index >= 15 is 0 Å². The van der Waals surface area contributed by atoms with Gasteiger partial charge >= 0.3 is 5.97 Å². The number of rotatable bonds is 6. The molecule has 2 amide bonds. The van der Waals surface area contributed by atoms with Gasteiger partial charge in [0.2, 0.25) is 5.91 Å². The van der Waals surface area contributed by atoms with E-state index in [0.29, 0.717) is 24.8 Å². The summed E-state index contributed by atoms with van der Waals surface area (Å²) in [7, 11) is 0. The third-order valence-electron chi connectivity index (χ3n) is 4.69. The SMILES string of the molecule is Cc1cccc(C[C@H](CNC(=O)c2ccc3c(c2)CCC(=O)N3)C(=O)O)c1. The van der Waals surface area contributed by atoms with Crippen molar-refractivity contribution >= 4 is 23.5 Å². The minimum absolute atomic E-state index is 0.0276. The summed E-state index contributed by atoms with van der Waals surface area (Å²) in [5.74, 6) is -1.98. The number of carbonyl (C=O) groups excluding carboxylic acids is 2. The van der Waals surface area contributed by atoms with Crippen molar-refractivity contribution in [2.24, 2.45) is 5.92 Å². The van der Waals surface area contributed by atoms with Crippen LogP contribution in [0.15, 0.2) is 42.5 Å². The highest BCUT2D eigenvalue weighted by Gasteiger charge is 2.21. The number of hydrogen-bond acceptors (Lipinski definition) is 3. The second-order valence-electron chi connectivity index (χ2n) is 6.86. The summed E-state index contributed by atoms with van der Waals surface area (Å²) < 4.78 is 0. The minimum Gasteiger partial charge on any atom is -0.481 e. The van der Waals surface area contributed by atoms with Crippen molar-refractivity contribution in [3.63, 3.8) is 0 Å². The Hall–Kier alpha value is -3.15. The van der Waals surface area contributed by atoms with Crippen LogP contribution in [-0.2, 0) is 22.4 Å². The van der Waals surface area contributed by atoms with Gasteiger partial charge < -0.3 is 15.7 Å². The fourth-order valence-corrected chi connectivity index (χ4v) is 3.21. The number of aliphatic carboxylic acids is 1. The second-order valence-corrected chi connectivity index (χ2v) is 6.86. The lowest BCUT2D eigenvalue weighted by molar-refractivity contribution is -0.141. The first kappa shape index (κ1) is 18.6. The molecule has 2 aromatic rings. The molecule has 0 fully saturated rings. The summed E-state index contributed by atoms with van der Waals surface area (Å²) >= 11 is 0. The van der Waals surface area contributed by atoms with Crippen molar-refractivity contribution < 1.29 is 19.5 Å². The largest absolute Gasteiger partial charge is 0.481 e. The molecule has 3 N–H and O–H groups in total. The Morgan fingerprint density at radius 1 is 1.19 bits per heavy atom. The molecule has 0 saturated carbocycles. The molecular weight excluding hydrogens is 344 g/mol. The molecule has 0 radical (unpaired) electrons. The number of carboxylic acids is 1. The number of nitrogens with one attached hydrogen (secondary N) is 2. The molecule has 0 saturated heterocycles. The van der Waals surface area contributed by atoms with Gasteiger partial charge in [0.1, 0.15) is 0 Å². The molecule has 1 aliphatic heterocycles. The predicted molar refractivity (Wildman–Crippen MR) is 102 cm³/mol. The maximum Gasteiger partial charge on any atom is 0.308 e. The second kappa shape index (κ2) is 8.03. The van der Waals surface area contributed by atoms with Crippen LogP contribution in [0.2, 0.25) is 0 Å². The molecule has 6 nitrogen and oxygen atoms in total. The molecule has 2 aromatic carbocycles. The monoisotopic (exact) mass is 366 g/mol. The van der Waals surface area contributed by atoms with E-state index in [9.17, 15) is 19.5 Å². The summed E-state index contributed by atoms with van der Waals surface area (Å²) in [5, 5.41) is 15.0. The van der Waals surface area contributed by atoms with Crippen LogP contribution in [0, 0.1) is 12.8 Å². The topological polar surface area (TPSA) is 95.5 Å². The van der Waals surface area contributed by atoms with Crippen LogP contribution in [0.25, 0.3) is 0 Å². The van der Waals surface area contributed by atoms with Crippen molar-refractivity contribution in [1.82, 2.24) is 5.32 Å². The number of amides is 2. The minimum atomic E-state index is -0.940. The first-order chi connectivity index (χ1) is 12.9. The zero-order chi connectivity index (χ0) is 19.4. The summed E-state index contributed by atoms with van der Waals surface area (Å²) in [6, 6.07) is 12.8. The Labute approximate surface area is 157 Å². The first-order valence-electron chi connectivity index (χ1n) is 8.91. The van der Waals surface area contributed by atoms with Gasteiger partial charge in [-0.2, -0.15) is 0 Å². The molecule has 0 aliphatic carbocycles. The Morgan fingerprint density at radius 3 is 2.74 bits per heavy atom. The van der Waals surface area contributed by atoms with E-state index in [0.717, 1.165) is 22.4 Å². The molecule has 140 valence electrons. The van der Waals surface area contributed by atoms with Gasteiger partial charge in [-0.25, -0.2) is 0 Å². The third kappa shape index (κ3) is 4.73. The number of anilines is 1. The molecule has 1 aliphatic rings. The van der Waals surface area contributed by atoms with Crippen molar-refractivity contribution in [1.29, 1.82) is 0 Å². The molecule has 0 bridgehead atoms. The lowest BCUT2D eigenvalue weighted by Crippen LogP contribution is -2.34. The van der Waals surface area contributed by atoms with E-state index in [1.165, 1.54) is 0 Å². The maximum atomic E-state index is 12.4. The van der Waals surface area contributed by atoms with Crippen molar-refractivity contribution in [3.05, 3.63) is 64.7 Å². The molecule has 0 unspecified atom stereocenters. The van der Waals surface area contributed by atoms with Gasteiger partial charge in [-0.05, 0) is 49.1 Å². The van der Waals surface area contributed by atoms with E-state index in [-0.39, 0.29) is 18.4 Å². The Bertz CT molecular complexity index is 892. The molecular formula is C21H22N2O4. The average Bonchev–Trinajstić information content (AvgIpc) is 2.64. The van der Waals surface area contributed by atoms with Gasteiger partial charge in [0, 0.05) is 24.2 Å². The molecule has 0 spiro atoms. The van der Waals surface area contributed by atoms with Crippen LogP contribution in [0.3, 0.4) is 0 Å².